The van der Waals surface area contributed by atoms with Crippen molar-refractivity contribution in [3.63, 3.8) is 0 Å². The van der Waals surface area contributed by atoms with Crippen molar-refractivity contribution in [2.24, 2.45) is 0 Å². The maximum Gasteiger partial charge on any atom is 0.343 e. The van der Waals surface area contributed by atoms with Gasteiger partial charge in [-0.3, -0.25) is 0 Å². The maximum atomic E-state index is 13.8. The summed E-state index contributed by atoms with van der Waals surface area (Å²) < 4.78 is 59.5. The molecule has 2 rings (SSSR count). The van der Waals surface area contributed by atoms with Crippen LogP contribution in [0.4, 0.5) is 17.6 Å². The van der Waals surface area contributed by atoms with E-state index in [9.17, 15) is 17.6 Å². The molecule has 1 nitrogen and oxygen atoms in total. The minimum Gasteiger partial charge on any atom is -0.370 e. The van der Waals surface area contributed by atoms with Crippen LogP contribution in [0.25, 0.3) is 6.08 Å². The highest BCUT2D eigenvalue weighted by atomic mass is 79.9. The fourth-order valence-electron chi connectivity index (χ4n) is 1.88. The van der Waals surface area contributed by atoms with Crippen molar-refractivity contribution in [3.8, 4) is 0 Å². The Morgan fingerprint density at radius 1 is 1.22 bits per heavy atom. The van der Waals surface area contributed by atoms with Gasteiger partial charge in [0.25, 0.3) is 0 Å². The molecular weight excluding hydrogens is 316 g/mol. The van der Waals surface area contributed by atoms with Crippen molar-refractivity contribution in [1.29, 1.82) is 0 Å². The summed E-state index contributed by atoms with van der Waals surface area (Å²) in [6.07, 6.45) is -0.775. The minimum absolute atomic E-state index is 0.0327. The third kappa shape index (κ3) is 1.97. The Labute approximate surface area is 110 Å². The van der Waals surface area contributed by atoms with Crippen molar-refractivity contribution in [3.05, 3.63) is 39.9 Å². The Bertz CT molecular complexity index is 499. The molecule has 0 heterocycles. The summed E-state index contributed by atoms with van der Waals surface area (Å²) in [5.41, 5.74) is 0.326. The average molecular weight is 325 g/mol. The van der Waals surface area contributed by atoms with Gasteiger partial charge in [0.2, 0.25) is 0 Å². The lowest BCUT2D eigenvalue weighted by Gasteiger charge is -2.29. The molecule has 1 aliphatic carbocycles. The van der Waals surface area contributed by atoms with E-state index in [0.717, 1.165) is 13.2 Å². The molecule has 0 aliphatic heterocycles. The lowest BCUT2D eigenvalue weighted by molar-refractivity contribution is -0.238. The van der Waals surface area contributed by atoms with Crippen LogP contribution in [0.1, 0.15) is 17.2 Å². The first kappa shape index (κ1) is 13.5. The second-order valence-electron chi connectivity index (χ2n) is 3.97. The van der Waals surface area contributed by atoms with Crippen LogP contribution in [0.15, 0.2) is 28.7 Å². The minimum atomic E-state index is -4.30. The molecule has 0 radical (unpaired) electrons. The predicted octanol–water partition coefficient (Wildman–Crippen LogP) is 4.43. The van der Waals surface area contributed by atoms with Crippen molar-refractivity contribution in [2.75, 3.05) is 7.11 Å². The molecule has 1 aromatic carbocycles. The molecule has 0 amide bonds. The Hall–Kier alpha value is -0.880. The number of benzene rings is 1. The Morgan fingerprint density at radius 2 is 1.89 bits per heavy atom. The van der Waals surface area contributed by atoms with Gasteiger partial charge in [-0.25, -0.2) is 0 Å². The first-order valence-corrected chi connectivity index (χ1v) is 5.86. The number of alkyl halides is 4. The summed E-state index contributed by atoms with van der Waals surface area (Å²) in [5, 5.41) is 0. The number of hydrogen-bond acceptors (Lipinski definition) is 1. The van der Waals surface area contributed by atoms with Crippen LogP contribution in [0, 0.1) is 0 Å². The quantitative estimate of drug-likeness (QED) is 0.694. The molecule has 1 aliphatic rings. The first-order valence-electron chi connectivity index (χ1n) is 5.06. The molecule has 18 heavy (non-hydrogen) atoms. The number of ether oxygens (including phenoxy) is 1. The van der Waals surface area contributed by atoms with E-state index in [1.807, 2.05) is 0 Å². The number of halogens is 5. The Balaban J connectivity index is 2.66. The third-order valence-electron chi connectivity index (χ3n) is 2.81. The Morgan fingerprint density at radius 3 is 2.50 bits per heavy atom. The summed E-state index contributed by atoms with van der Waals surface area (Å²) in [6, 6.07) is 4.44. The van der Waals surface area contributed by atoms with Crippen LogP contribution >= 0.6 is 15.9 Å². The molecular formula is C12H9BrF4O. The van der Waals surface area contributed by atoms with E-state index in [4.69, 9.17) is 0 Å². The van der Waals surface area contributed by atoms with Crippen molar-refractivity contribution >= 4 is 22.0 Å². The monoisotopic (exact) mass is 324 g/mol. The highest BCUT2D eigenvalue weighted by molar-refractivity contribution is 9.10. The van der Waals surface area contributed by atoms with Crippen LogP contribution in [0.5, 0.6) is 0 Å². The van der Waals surface area contributed by atoms with Gasteiger partial charge < -0.3 is 4.74 Å². The lowest BCUT2D eigenvalue weighted by atomic mass is 9.98. The molecule has 0 saturated heterocycles. The van der Waals surface area contributed by atoms with Gasteiger partial charge in [-0.1, -0.05) is 28.1 Å². The van der Waals surface area contributed by atoms with Gasteiger partial charge in [-0.2, -0.15) is 17.6 Å². The van der Waals surface area contributed by atoms with E-state index < -0.39 is 17.9 Å². The summed E-state index contributed by atoms with van der Waals surface area (Å²) in [7, 11) is 0.991. The summed E-state index contributed by atoms with van der Waals surface area (Å²) in [5.74, 6) is -8.55. The largest absolute Gasteiger partial charge is 0.370 e. The van der Waals surface area contributed by atoms with E-state index in [0.29, 0.717) is 10.0 Å². The summed E-state index contributed by atoms with van der Waals surface area (Å²) in [6.45, 7) is 0. The molecule has 1 unspecified atom stereocenters. The van der Waals surface area contributed by atoms with Crippen LogP contribution in [0.3, 0.4) is 0 Å². The molecule has 0 fully saturated rings. The zero-order valence-corrected chi connectivity index (χ0v) is 10.8. The number of hydrogen-bond donors (Lipinski definition) is 0. The first-order chi connectivity index (χ1) is 8.29. The highest BCUT2D eigenvalue weighted by Crippen LogP contribution is 2.49. The van der Waals surface area contributed by atoms with Gasteiger partial charge in [-0.05, 0) is 29.3 Å². The molecule has 0 spiro atoms. The van der Waals surface area contributed by atoms with Crippen molar-refractivity contribution in [2.45, 2.75) is 17.9 Å². The fourth-order valence-corrected chi connectivity index (χ4v) is 2.25. The van der Waals surface area contributed by atoms with Crippen molar-refractivity contribution in [1.82, 2.24) is 0 Å². The van der Waals surface area contributed by atoms with Crippen LogP contribution < -0.4 is 0 Å². The zero-order chi connectivity index (χ0) is 13.6. The number of methoxy groups -OCH3 is 1. The van der Waals surface area contributed by atoms with E-state index in [2.05, 4.69) is 20.7 Å². The second-order valence-corrected chi connectivity index (χ2v) is 4.88. The average Bonchev–Trinajstić information content (AvgIpc) is 2.34. The predicted molar refractivity (Wildman–Crippen MR) is 62.8 cm³/mol. The zero-order valence-electron chi connectivity index (χ0n) is 9.26. The number of fused-ring (bicyclic) bond motifs is 1. The fraction of sp³-hybridized carbons (Fsp3) is 0.333. The number of allylic oxidation sites excluding steroid dienone is 1. The molecule has 0 saturated carbocycles. The standard InChI is InChI=1S/C12H9BrF4O/c1-18-10-9-6-8(13)3-2-7(9)4-5-11(14,15)12(10,16)17/h2-6,10H,1H3. The van der Waals surface area contributed by atoms with E-state index in [1.165, 1.54) is 12.1 Å². The van der Waals surface area contributed by atoms with Crippen LogP contribution in [-0.4, -0.2) is 19.0 Å². The van der Waals surface area contributed by atoms with Gasteiger partial charge >= 0.3 is 11.8 Å². The summed E-state index contributed by atoms with van der Waals surface area (Å²) >= 11 is 3.13. The van der Waals surface area contributed by atoms with Gasteiger partial charge in [0.15, 0.2) is 6.10 Å². The smallest absolute Gasteiger partial charge is 0.343 e. The van der Waals surface area contributed by atoms with Gasteiger partial charge in [-0.15, -0.1) is 0 Å². The molecule has 1 aromatic rings. The molecule has 6 heteroatoms. The van der Waals surface area contributed by atoms with E-state index in [1.54, 1.807) is 6.07 Å². The molecule has 0 bridgehead atoms. The second kappa shape index (κ2) is 4.35. The van der Waals surface area contributed by atoms with E-state index in [-0.39, 0.29) is 11.6 Å². The SMILES string of the molecule is COC1c2cc(Br)ccc2C=CC(F)(F)C1(F)F. The highest BCUT2D eigenvalue weighted by Gasteiger charge is 2.61. The molecule has 1 atom stereocenters. The van der Waals surface area contributed by atoms with Crippen LogP contribution in [-0.2, 0) is 4.74 Å². The van der Waals surface area contributed by atoms with E-state index >= 15 is 0 Å². The van der Waals surface area contributed by atoms with Gasteiger partial charge in [0, 0.05) is 11.6 Å². The molecule has 98 valence electrons. The Kier molecular flexibility index (Phi) is 3.27. The molecule has 0 N–H and O–H groups in total. The lowest BCUT2D eigenvalue weighted by Crippen LogP contribution is -2.44. The maximum absolute atomic E-state index is 13.8. The molecule has 0 aromatic heterocycles. The number of rotatable bonds is 1. The third-order valence-corrected chi connectivity index (χ3v) is 3.31. The van der Waals surface area contributed by atoms with Crippen LogP contribution in [0.2, 0.25) is 0 Å². The van der Waals surface area contributed by atoms with Gasteiger partial charge in [0.1, 0.15) is 0 Å². The van der Waals surface area contributed by atoms with Gasteiger partial charge in [0.05, 0.1) is 0 Å². The normalized spacial score (nSPS) is 24.4. The topological polar surface area (TPSA) is 9.23 Å². The van der Waals surface area contributed by atoms with Crippen molar-refractivity contribution < 1.29 is 22.3 Å². The summed E-state index contributed by atoms with van der Waals surface area (Å²) in [4.78, 5) is 0.